The zero-order chi connectivity index (χ0) is 14.5. The van der Waals surface area contributed by atoms with Gasteiger partial charge in [-0.05, 0) is 24.6 Å². The van der Waals surface area contributed by atoms with Gasteiger partial charge in [0.2, 0.25) is 0 Å². The topological polar surface area (TPSA) is 86.5 Å². The molecule has 0 aliphatic rings. The Hall–Kier alpha value is -1.63. The zero-order valence-electron chi connectivity index (χ0n) is 10.6. The summed E-state index contributed by atoms with van der Waals surface area (Å²) in [5, 5.41) is 0. The fourth-order valence-electron chi connectivity index (χ4n) is 1.37. The maximum Gasteiger partial charge on any atom is 0.341 e. The molecule has 5 nitrogen and oxygen atoms in total. The summed E-state index contributed by atoms with van der Waals surface area (Å²) in [6.45, 7) is 1.47. The summed E-state index contributed by atoms with van der Waals surface area (Å²) in [7, 11) is -3.08. The lowest BCUT2D eigenvalue weighted by Crippen LogP contribution is -2.14. The first-order valence-corrected chi connectivity index (χ1v) is 7.60. The van der Waals surface area contributed by atoms with Gasteiger partial charge in [0.25, 0.3) is 0 Å². The molecule has 0 saturated carbocycles. The van der Waals surface area contributed by atoms with E-state index in [0.717, 1.165) is 6.07 Å². The van der Waals surface area contributed by atoms with E-state index in [0.29, 0.717) is 0 Å². The van der Waals surface area contributed by atoms with Crippen LogP contribution in [-0.4, -0.2) is 32.5 Å². The Kier molecular flexibility index (Phi) is 5.29. The number of halogens is 1. The van der Waals surface area contributed by atoms with Gasteiger partial charge in [-0.3, -0.25) is 0 Å². The number of anilines is 1. The predicted octanol–water partition coefficient (Wildman–Crippen LogP) is 1.39. The SMILES string of the molecule is CCS(=O)(=O)CCCOC(=O)c1cc(N)ccc1F. The van der Waals surface area contributed by atoms with E-state index in [2.05, 4.69) is 0 Å². The highest BCUT2D eigenvalue weighted by atomic mass is 32.2. The number of hydrogen-bond acceptors (Lipinski definition) is 5. The van der Waals surface area contributed by atoms with Crippen molar-refractivity contribution in [1.82, 2.24) is 0 Å². The van der Waals surface area contributed by atoms with E-state index in [9.17, 15) is 17.6 Å². The maximum absolute atomic E-state index is 13.3. The molecule has 2 N–H and O–H groups in total. The van der Waals surface area contributed by atoms with E-state index in [-0.39, 0.29) is 35.8 Å². The zero-order valence-corrected chi connectivity index (χ0v) is 11.4. The predicted molar refractivity (Wildman–Crippen MR) is 70.0 cm³/mol. The van der Waals surface area contributed by atoms with Gasteiger partial charge in [0.05, 0.1) is 17.9 Å². The second-order valence-electron chi connectivity index (χ2n) is 3.97. The maximum atomic E-state index is 13.3. The van der Waals surface area contributed by atoms with Crippen LogP contribution < -0.4 is 5.73 Å². The summed E-state index contributed by atoms with van der Waals surface area (Å²) >= 11 is 0. The number of ether oxygens (including phenoxy) is 1. The summed E-state index contributed by atoms with van der Waals surface area (Å²) in [6, 6.07) is 3.59. The first-order valence-electron chi connectivity index (χ1n) is 5.78. The van der Waals surface area contributed by atoms with Crippen molar-refractivity contribution in [3.05, 3.63) is 29.6 Å². The van der Waals surface area contributed by atoms with Gasteiger partial charge >= 0.3 is 5.97 Å². The van der Waals surface area contributed by atoms with Gasteiger partial charge in [-0.25, -0.2) is 17.6 Å². The van der Waals surface area contributed by atoms with Crippen LogP contribution >= 0.6 is 0 Å². The van der Waals surface area contributed by atoms with Crippen molar-refractivity contribution in [2.45, 2.75) is 13.3 Å². The summed E-state index contributed by atoms with van der Waals surface area (Å²) < 4.78 is 40.5. The highest BCUT2D eigenvalue weighted by molar-refractivity contribution is 7.91. The Bertz CT molecular complexity index is 557. The molecular formula is C12H16FNO4S. The molecule has 0 aromatic heterocycles. The van der Waals surface area contributed by atoms with Crippen molar-refractivity contribution < 1.29 is 22.3 Å². The molecule has 0 saturated heterocycles. The molecule has 0 fully saturated rings. The molecule has 0 unspecified atom stereocenters. The average molecular weight is 289 g/mol. The number of nitrogens with two attached hydrogens (primary N) is 1. The summed E-state index contributed by atoms with van der Waals surface area (Å²) in [6.07, 6.45) is 0.186. The number of nitrogen functional groups attached to an aromatic ring is 1. The van der Waals surface area contributed by atoms with Crippen LogP contribution in [0.25, 0.3) is 0 Å². The number of hydrogen-bond donors (Lipinski definition) is 1. The number of rotatable bonds is 6. The lowest BCUT2D eigenvalue weighted by Gasteiger charge is -2.06. The summed E-state index contributed by atoms with van der Waals surface area (Å²) in [4.78, 5) is 11.5. The number of carbonyl (C=O) groups is 1. The van der Waals surface area contributed by atoms with E-state index in [1.165, 1.54) is 12.1 Å². The second-order valence-corrected chi connectivity index (χ2v) is 6.44. The minimum atomic E-state index is -3.08. The third-order valence-electron chi connectivity index (χ3n) is 2.48. The highest BCUT2D eigenvalue weighted by Gasteiger charge is 2.14. The van der Waals surface area contributed by atoms with E-state index in [1.54, 1.807) is 6.92 Å². The van der Waals surface area contributed by atoms with E-state index in [4.69, 9.17) is 10.5 Å². The molecule has 19 heavy (non-hydrogen) atoms. The van der Waals surface area contributed by atoms with Crippen LogP contribution in [0.3, 0.4) is 0 Å². The van der Waals surface area contributed by atoms with Gasteiger partial charge in [0.15, 0.2) is 0 Å². The summed E-state index contributed by atoms with van der Waals surface area (Å²) in [5.41, 5.74) is 5.44. The summed E-state index contributed by atoms with van der Waals surface area (Å²) in [5.74, 6) is -1.58. The molecular weight excluding hydrogens is 273 g/mol. The Labute approximate surface area is 111 Å². The molecule has 7 heteroatoms. The first kappa shape index (κ1) is 15.4. The van der Waals surface area contributed by atoms with Crippen molar-refractivity contribution in [1.29, 1.82) is 0 Å². The first-order chi connectivity index (χ1) is 8.85. The van der Waals surface area contributed by atoms with Gasteiger partial charge < -0.3 is 10.5 Å². The van der Waals surface area contributed by atoms with Crippen molar-refractivity contribution in [3.8, 4) is 0 Å². The van der Waals surface area contributed by atoms with Gasteiger partial charge in [-0.1, -0.05) is 6.92 Å². The third-order valence-corrected chi connectivity index (χ3v) is 4.27. The average Bonchev–Trinajstić information content (AvgIpc) is 2.37. The van der Waals surface area contributed by atoms with Crippen LogP contribution in [0.4, 0.5) is 10.1 Å². The van der Waals surface area contributed by atoms with Crippen LogP contribution in [0.5, 0.6) is 0 Å². The molecule has 1 rings (SSSR count). The molecule has 0 atom stereocenters. The molecule has 1 aromatic carbocycles. The van der Waals surface area contributed by atoms with Gasteiger partial charge in [-0.15, -0.1) is 0 Å². The van der Waals surface area contributed by atoms with Crippen LogP contribution in [0.15, 0.2) is 18.2 Å². The fourth-order valence-corrected chi connectivity index (χ4v) is 2.21. The second kappa shape index (κ2) is 6.51. The number of esters is 1. The van der Waals surface area contributed by atoms with Crippen LogP contribution in [-0.2, 0) is 14.6 Å². The highest BCUT2D eigenvalue weighted by Crippen LogP contribution is 2.13. The molecule has 1 aromatic rings. The molecule has 0 heterocycles. The normalized spacial score (nSPS) is 11.3. The van der Waals surface area contributed by atoms with Gasteiger partial charge in [-0.2, -0.15) is 0 Å². The van der Waals surface area contributed by atoms with Crippen LogP contribution in [0, 0.1) is 5.82 Å². The Morgan fingerprint density at radius 1 is 1.42 bits per heavy atom. The molecule has 106 valence electrons. The smallest absolute Gasteiger partial charge is 0.341 e. The van der Waals surface area contributed by atoms with E-state index < -0.39 is 21.6 Å². The third kappa shape index (κ3) is 4.86. The molecule has 0 aliphatic heterocycles. The Balaban J connectivity index is 2.50. The molecule has 0 radical (unpaired) electrons. The van der Waals surface area contributed by atoms with E-state index >= 15 is 0 Å². The van der Waals surface area contributed by atoms with Crippen LogP contribution in [0.1, 0.15) is 23.7 Å². The van der Waals surface area contributed by atoms with E-state index in [1.807, 2.05) is 0 Å². The van der Waals surface area contributed by atoms with Crippen molar-refractivity contribution in [2.24, 2.45) is 0 Å². The van der Waals surface area contributed by atoms with Gasteiger partial charge in [0, 0.05) is 11.4 Å². The molecule has 0 amide bonds. The fraction of sp³-hybridized carbons (Fsp3) is 0.417. The lowest BCUT2D eigenvalue weighted by atomic mass is 10.2. The minimum absolute atomic E-state index is 0.0464. The van der Waals surface area contributed by atoms with Crippen LogP contribution in [0.2, 0.25) is 0 Å². The van der Waals surface area contributed by atoms with Crippen molar-refractivity contribution in [3.63, 3.8) is 0 Å². The molecule has 0 spiro atoms. The molecule has 0 bridgehead atoms. The van der Waals surface area contributed by atoms with Crippen molar-refractivity contribution in [2.75, 3.05) is 23.8 Å². The number of benzene rings is 1. The Morgan fingerprint density at radius 3 is 2.74 bits per heavy atom. The Morgan fingerprint density at radius 2 is 2.11 bits per heavy atom. The number of sulfone groups is 1. The largest absolute Gasteiger partial charge is 0.462 e. The minimum Gasteiger partial charge on any atom is -0.462 e. The van der Waals surface area contributed by atoms with Gasteiger partial charge in [0.1, 0.15) is 15.7 Å². The quantitative estimate of drug-likeness (QED) is 0.486. The standard InChI is InChI=1S/C12H16FNO4S/c1-2-19(16,17)7-3-6-18-12(15)10-8-9(14)4-5-11(10)13/h4-5,8H,2-3,6-7,14H2,1H3. The lowest BCUT2D eigenvalue weighted by molar-refractivity contribution is 0.0500. The van der Waals surface area contributed by atoms with Crippen molar-refractivity contribution >= 4 is 21.5 Å². The number of carbonyl (C=O) groups excluding carboxylic acids is 1. The monoisotopic (exact) mass is 289 g/mol. The molecule has 0 aliphatic carbocycles.